The quantitative estimate of drug-likeness (QED) is 0.606. The van der Waals surface area contributed by atoms with Crippen molar-refractivity contribution in [3.63, 3.8) is 0 Å². The van der Waals surface area contributed by atoms with Gasteiger partial charge in [-0.2, -0.15) is 0 Å². The normalized spacial score (nSPS) is 16.3. The van der Waals surface area contributed by atoms with E-state index in [-0.39, 0.29) is 5.91 Å². The van der Waals surface area contributed by atoms with Crippen molar-refractivity contribution in [1.29, 1.82) is 0 Å². The van der Waals surface area contributed by atoms with Gasteiger partial charge in [-0.05, 0) is 48.2 Å². The second-order valence-electron chi connectivity index (χ2n) is 7.92. The standard InChI is InChI=1S/C26H28N2O2/c1-30-24-13-5-10-21(17-24)16-23-12-6-14-25(27-23)22-11-7-15-28(19-22)26(29)18-20-8-3-2-4-9-20/h2-6,8-10,12-14,17,22H,7,11,15-16,18-19H2,1H3/t22-/m0/s1. The predicted molar refractivity (Wildman–Crippen MR) is 119 cm³/mol. The molecule has 4 nitrogen and oxygen atoms in total. The number of piperidine rings is 1. The number of rotatable bonds is 6. The average Bonchev–Trinajstić information content (AvgIpc) is 2.80. The summed E-state index contributed by atoms with van der Waals surface area (Å²) in [6.07, 6.45) is 3.34. The predicted octanol–water partition coefficient (Wildman–Crippen LogP) is 4.63. The molecule has 1 aliphatic heterocycles. The van der Waals surface area contributed by atoms with E-state index in [2.05, 4.69) is 30.3 Å². The molecule has 1 aromatic heterocycles. The number of hydrogen-bond acceptors (Lipinski definition) is 3. The van der Waals surface area contributed by atoms with Gasteiger partial charge < -0.3 is 9.64 Å². The van der Waals surface area contributed by atoms with Crippen LogP contribution in [0.3, 0.4) is 0 Å². The first-order valence-corrected chi connectivity index (χ1v) is 10.6. The molecule has 0 unspecified atom stereocenters. The Bertz CT molecular complexity index is 987. The number of benzene rings is 2. The number of hydrogen-bond donors (Lipinski definition) is 0. The molecule has 0 aliphatic carbocycles. The van der Waals surface area contributed by atoms with Gasteiger partial charge in [0.1, 0.15) is 5.75 Å². The lowest BCUT2D eigenvalue weighted by Gasteiger charge is -2.32. The largest absolute Gasteiger partial charge is 0.497 e. The van der Waals surface area contributed by atoms with Gasteiger partial charge in [0.2, 0.25) is 5.91 Å². The Hall–Kier alpha value is -3.14. The van der Waals surface area contributed by atoms with Gasteiger partial charge in [0.05, 0.1) is 13.5 Å². The minimum absolute atomic E-state index is 0.207. The molecular weight excluding hydrogens is 372 g/mol. The third kappa shape index (κ3) is 5.07. The smallest absolute Gasteiger partial charge is 0.227 e. The van der Waals surface area contributed by atoms with Crippen LogP contribution in [0, 0.1) is 0 Å². The summed E-state index contributed by atoms with van der Waals surface area (Å²) in [5, 5.41) is 0. The first-order valence-electron chi connectivity index (χ1n) is 10.6. The Balaban J connectivity index is 1.43. The summed E-state index contributed by atoms with van der Waals surface area (Å²) in [6.45, 7) is 1.59. The van der Waals surface area contributed by atoms with Gasteiger partial charge in [-0.3, -0.25) is 9.78 Å². The van der Waals surface area contributed by atoms with Crippen molar-refractivity contribution in [3.05, 3.63) is 95.3 Å². The lowest BCUT2D eigenvalue weighted by molar-refractivity contribution is -0.131. The second kappa shape index (κ2) is 9.57. The van der Waals surface area contributed by atoms with Crippen molar-refractivity contribution in [2.75, 3.05) is 20.2 Å². The number of aromatic nitrogens is 1. The van der Waals surface area contributed by atoms with E-state index in [1.807, 2.05) is 47.4 Å². The fourth-order valence-corrected chi connectivity index (χ4v) is 4.14. The molecule has 3 aromatic rings. The summed E-state index contributed by atoms with van der Waals surface area (Å²) in [6, 6.07) is 24.4. The molecule has 4 heteroatoms. The highest BCUT2D eigenvalue weighted by Gasteiger charge is 2.25. The van der Waals surface area contributed by atoms with E-state index in [0.717, 1.165) is 55.1 Å². The Morgan fingerprint density at radius 3 is 2.67 bits per heavy atom. The Kier molecular flexibility index (Phi) is 6.43. The second-order valence-corrected chi connectivity index (χ2v) is 7.92. The van der Waals surface area contributed by atoms with Crippen LogP contribution in [0.2, 0.25) is 0 Å². The number of pyridine rings is 1. The fraction of sp³-hybridized carbons (Fsp3) is 0.308. The third-order valence-electron chi connectivity index (χ3n) is 5.74. The molecule has 1 fully saturated rings. The maximum Gasteiger partial charge on any atom is 0.227 e. The van der Waals surface area contributed by atoms with E-state index in [9.17, 15) is 4.79 Å². The van der Waals surface area contributed by atoms with Gasteiger partial charge >= 0.3 is 0 Å². The summed E-state index contributed by atoms with van der Waals surface area (Å²) < 4.78 is 5.33. The molecular formula is C26H28N2O2. The molecule has 1 aliphatic rings. The Morgan fingerprint density at radius 2 is 1.83 bits per heavy atom. The molecule has 2 heterocycles. The Labute approximate surface area is 178 Å². The summed E-state index contributed by atoms with van der Waals surface area (Å²) >= 11 is 0. The SMILES string of the molecule is COc1cccc(Cc2cccc([C@H]3CCCN(C(=O)Cc4ccccc4)C3)n2)c1. The number of carbonyl (C=O) groups excluding carboxylic acids is 1. The number of carbonyl (C=O) groups is 1. The molecule has 4 rings (SSSR count). The maximum atomic E-state index is 12.8. The van der Waals surface area contributed by atoms with E-state index in [1.54, 1.807) is 7.11 Å². The van der Waals surface area contributed by atoms with E-state index in [1.165, 1.54) is 5.56 Å². The lowest BCUT2D eigenvalue weighted by Crippen LogP contribution is -2.40. The van der Waals surface area contributed by atoms with Crippen molar-refractivity contribution >= 4 is 5.91 Å². The molecule has 1 amide bonds. The highest BCUT2D eigenvalue weighted by molar-refractivity contribution is 5.79. The van der Waals surface area contributed by atoms with Gasteiger partial charge in [0.15, 0.2) is 0 Å². The zero-order valence-electron chi connectivity index (χ0n) is 17.5. The van der Waals surface area contributed by atoms with Crippen molar-refractivity contribution in [2.24, 2.45) is 0 Å². The molecule has 1 saturated heterocycles. The first-order chi connectivity index (χ1) is 14.7. The molecule has 0 saturated carbocycles. The zero-order valence-corrected chi connectivity index (χ0v) is 17.5. The first kappa shape index (κ1) is 20.1. The topological polar surface area (TPSA) is 42.4 Å². The van der Waals surface area contributed by atoms with Crippen molar-refractivity contribution in [1.82, 2.24) is 9.88 Å². The number of methoxy groups -OCH3 is 1. The van der Waals surface area contributed by atoms with Crippen LogP contribution in [-0.2, 0) is 17.6 Å². The number of amides is 1. The molecule has 154 valence electrons. The van der Waals surface area contributed by atoms with Crippen LogP contribution in [-0.4, -0.2) is 36.0 Å². The van der Waals surface area contributed by atoms with Crippen LogP contribution in [0.15, 0.2) is 72.8 Å². The van der Waals surface area contributed by atoms with Crippen LogP contribution in [0.4, 0.5) is 0 Å². The monoisotopic (exact) mass is 400 g/mol. The van der Waals surface area contributed by atoms with E-state index in [0.29, 0.717) is 12.3 Å². The molecule has 0 bridgehead atoms. The van der Waals surface area contributed by atoms with Crippen molar-refractivity contribution < 1.29 is 9.53 Å². The van der Waals surface area contributed by atoms with Crippen molar-refractivity contribution in [2.45, 2.75) is 31.6 Å². The minimum atomic E-state index is 0.207. The summed E-state index contributed by atoms with van der Waals surface area (Å²) in [4.78, 5) is 19.8. The van der Waals surface area contributed by atoms with Gasteiger partial charge in [0.25, 0.3) is 0 Å². The maximum absolute atomic E-state index is 12.8. The fourth-order valence-electron chi connectivity index (χ4n) is 4.14. The van der Waals surface area contributed by atoms with Gasteiger partial charge in [-0.15, -0.1) is 0 Å². The summed E-state index contributed by atoms with van der Waals surface area (Å²) in [5.74, 6) is 1.37. The van der Waals surface area contributed by atoms with E-state index < -0.39 is 0 Å². The summed E-state index contributed by atoms with van der Waals surface area (Å²) in [5.41, 5.74) is 4.39. The molecule has 2 aromatic carbocycles. The molecule has 0 N–H and O–H groups in total. The highest BCUT2D eigenvalue weighted by atomic mass is 16.5. The van der Waals surface area contributed by atoms with Crippen molar-refractivity contribution in [3.8, 4) is 5.75 Å². The number of ether oxygens (including phenoxy) is 1. The summed E-state index contributed by atoms with van der Waals surface area (Å²) in [7, 11) is 1.69. The van der Waals surface area contributed by atoms with Gasteiger partial charge in [-0.1, -0.05) is 48.5 Å². The molecule has 0 radical (unpaired) electrons. The van der Waals surface area contributed by atoms with Crippen LogP contribution in [0.1, 0.15) is 41.3 Å². The van der Waals surface area contributed by atoms with E-state index >= 15 is 0 Å². The van der Waals surface area contributed by atoms with Crippen LogP contribution >= 0.6 is 0 Å². The van der Waals surface area contributed by atoms with Gasteiger partial charge in [0, 0.05) is 36.8 Å². The molecule has 1 atom stereocenters. The lowest BCUT2D eigenvalue weighted by atomic mass is 9.93. The minimum Gasteiger partial charge on any atom is -0.497 e. The average molecular weight is 401 g/mol. The Morgan fingerprint density at radius 1 is 1.03 bits per heavy atom. The van der Waals surface area contributed by atoms with E-state index in [4.69, 9.17) is 9.72 Å². The highest BCUT2D eigenvalue weighted by Crippen LogP contribution is 2.27. The number of nitrogens with zero attached hydrogens (tertiary/aromatic N) is 2. The molecule has 0 spiro atoms. The van der Waals surface area contributed by atoms with Crippen LogP contribution < -0.4 is 4.74 Å². The molecule has 30 heavy (non-hydrogen) atoms. The zero-order chi connectivity index (χ0) is 20.8. The van der Waals surface area contributed by atoms with Gasteiger partial charge in [-0.25, -0.2) is 0 Å². The number of likely N-dealkylation sites (tertiary alicyclic amines) is 1. The third-order valence-corrected chi connectivity index (χ3v) is 5.74. The van der Waals surface area contributed by atoms with Crippen LogP contribution in [0.5, 0.6) is 5.75 Å². The van der Waals surface area contributed by atoms with Crippen LogP contribution in [0.25, 0.3) is 0 Å².